The highest BCUT2D eigenvalue weighted by atomic mass is 32.2. The zero-order chi connectivity index (χ0) is 22.8. The largest absolute Gasteiger partial charge is 0.506 e. The van der Waals surface area contributed by atoms with Gasteiger partial charge in [-0.25, -0.2) is 14.8 Å². The van der Waals surface area contributed by atoms with Crippen LogP contribution in [0.25, 0.3) is 33.5 Å². The van der Waals surface area contributed by atoms with Crippen LogP contribution in [0.15, 0.2) is 99.3 Å². The average Bonchev–Trinajstić information content (AvgIpc) is 2.85. The molecule has 0 amide bonds. The Kier molecular flexibility index (Phi) is 5.67. The summed E-state index contributed by atoms with van der Waals surface area (Å²) in [4.78, 5) is 22.3. The molecule has 6 heteroatoms. The molecule has 0 bridgehead atoms. The number of thioether (sulfide) groups is 1. The third kappa shape index (κ3) is 4.25. The van der Waals surface area contributed by atoms with Crippen LogP contribution in [-0.2, 0) is 5.75 Å². The van der Waals surface area contributed by atoms with Crippen molar-refractivity contribution < 1.29 is 9.52 Å². The maximum Gasteiger partial charge on any atom is 0.349 e. The lowest BCUT2D eigenvalue weighted by Gasteiger charge is -2.11. The fraction of sp³-hybridized carbons (Fsp3) is 0.0741. The van der Waals surface area contributed by atoms with Crippen LogP contribution in [0.1, 0.15) is 11.1 Å². The summed E-state index contributed by atoms with van der Waals surface area (Å²) in [6.07, 6.45) is 0. The minimum atomic E-state index is -0.633. The van der Waals surface area contributed by atoms with Crippen molar-refractivity contribution in [3.8, 4) is 28.3 Å². The molecule has 5 aromatic rings. The van der Waals surface area contributed by atoms with Gasteiger partial charge in [-0.2, -0.15) is 0 Å². The minimum Gasteiger partial charge on any atom is -0.506 e. The van der Waals surface area contributed by atoms with Gasteiger partial charge in [0.05, 0.1) is 16.8 Å². The van der Waals surface area contributed by atoms with E-state index in [1.807, 2.05) is 79.7 Å². The first-order valence-electron chi connectivity index (χ1n) is 10.5. The van der Waals surface area contributed by atoms with Gasteiger partial charge in [0, 0.05) is 11.3 Å². The molecule has 3 aromatic carbocycles. The first-order valence-corrected chi connectivity index (χ1v) is 11.5. The summed E-state index contributed by atoms with van der Waals surface area (Å²) >= 11 is 1.47. The first-order chi connectivity index (χ1) is 16.1. The highest BCUT2D eigenvalue weighted by Gasteiger charge is 2.20. The maximum atomic E-state index is 13.0. The molecule has 5 nitrogen and oxygen atoms in total. The molecule has 0 radical (unpaired) electrons. The lowest BCUT2D eigenvalue weighted by Crippen LogP contribution is -2.06. The topological polar surface area (TPSA) is 76.2 Å². The predicted molar refractivity (Wildman–Crippen MR) is 131 cm³/mol. The Labute approximate surface area is 194 Å². The number of hydrogen-bond acceptors (Lipinski definition) is 6. The van der Waals surface area contributed by atoms with Crippen molar-refractivity contribution in [3.05, 3.63) is 106 Å². The summed E-state index contributed by atoms with van der Waals surface area (Å²) in [7, 11) is 0. The second kappa shape index (κ2) is 8.92. The Morgan fingerprint density at radius 1 is 0.879 bits per heavy atom. The molecule has 0 fully saturated rings. The number of benzene rings is 3. The van der Waals surface area contributed by atoms with Gasteiger partial charge in [-0.15, -0.1) is 0 Å². The highest BCUT2D eigenvalue weighted by Crippen LogP contribution is 2.35. The molecule has 0 aliphatic rings. The van der Waals surface area contributed by atoms with E-state index in [1.165, 1.54) is 11.8 Å². The number of aromatic hydroxyl groups is 1. The summed E-state index contributed by atoms with van der Waals surface area (Å²) < 4.78 is 5.59. The van der Waals surface area contributed by atoms with E-state index in [-0.39, 0.29) is 11.3 Å². The van der Waals surface area contributed by atoms with E-state index in [0.29, 0.717) is 33.3 Å². The maximum absolute atomic E-state index is 13.0. The van der Waals surface area contributed by atoms with E-state index >= 15 is 0 Å². The van der Waals surface area contributed by atoms with Gasteiger partial charge in [0.25, 0.3) is 0 Å². The van der Waals surface area contributed by atoms with Crippen molar-refractivity contribution in [3.63, 3.8) is 0 Å². The molecule has 0 saturated carbocycles. The van der Waals surface area contributed by atoms with E-state index in [0.717, 1.165) is 16.7 Å². The van der Waals surface area contributed by atoms with Gasteiger partial charge in [-0.1, -0.05) is 84.6 Å². The van der Waals surface area contributed by atoms with Gasteiger partial charge in [0.15, 0.2) is 5.16 Å². The smallest absolute Gasteiger partial charge is 0.349 e. The van der Waals surface area contributed by atoms with Crippen molar-refractivity contribution in [2.75, 3.05) is 0 Å². The quantitative estimate of drug-likeness (QED) is 0.194. The molecule has 5 rings (SSSR count). The molecular formula is C27H20N2O3S. The second-order valence-corrected chi connectivity index (χ2v) is 8.57. The minimum absolute atomic E-state index is 0.0363. The van der Waals surface area contributed by atoms with Gasteiger partial charge in [0.2, 0.25) is 0 Å². The third-order valence-electron chi connectivity index (χ3n) is 5.34. The van der Waals surface area contributed by atoms with Crippen molar-refractivity contribution in [2.24, 2.45) is 0 Å². The molecule has 162 valence electrons. The fourth-order valence-electron chi connectivity index (χ4n) is 3.67. The summed E-state index contributed by atoms with van der Waals surface area (Å²) in [5.74, 6) is 0.539. The van der Waals surface area contributed by atoms with Crippen LogP contribution >= 0.6 is 11.8 Å². The number of fused-ring (bicyclic) bond motifs is 1. The number of aromatic nitrogens is 2. The van der Waals surface area contributed by atoms with Crippen LogP contribution < -0.4 is 5.63 Å². The Morgan fingerprint density at radius 3 is 2.33 bits per heavy atom. The predicted octanol–water partition coefficient (Wildman–Crippen LogP) is 6.22. The van der Waals surface area contributed by atoms with Crippen LogP contribution in [0, 0.1) is 6.92 Å². The Bertz CT molecular complexity index is 1500. The Morgan fingerprint density at radius 2 is 1.58 bits per heavy atom. The molecule has 2 aromatic heterocycles. The molecule has 0 unspecified atom stereocenters. The summed E-state index contributed by atoms with van der Waals surface area (Å²) in [6.45, 7) is 1.83. The monoisotopic (exact) mass is 452 g/mol. The standard InChI is InChI=1S/C27H20N2O3S/c1-17-9-8-14-20-24(30)23(26(31)32-25(17)20)22-15-21(19-12-6-3-7-13-19)28-27(29-22)33-16-18-10-4-2-5-11-18/h2-15,30H,16H2,1H3. The second-order valence-electron chi connectivity index (χ2n) is 7.63. The van der Waals surface area contributed by atoms with Crippen molar-refractivity contribution in [2.45, 2.75) is 17.8 Å². The SMILES string of the molecule is Cc1cccc2c(O)c(-c3cc(-c4ccccc4)nc(SCc4ccccc4)n3)c(=O)oc12. The van der Waals surface area contributed by atoms with E-state index in [4.69, 9.17) is 9.40 Å². The van der Waals surface area contributed by atoms with Crippen molar-refractivity contribution in [1.82, 2.24) is 9.97 Å². The van der Waals surface area contributed by atoms with E-state index in [1.54, 1.807) is 12.1 Å². The van der Waals surface area contributed by atoms with Crippen LogP contribution in [0.5, 0.6) is 5.75 Å². The molecule has 0 aliphatic heterocycles. The third-order valence-corrected chi connectivity index (χ3v) is 6.26. The van der Waals surface area contributed by atoms with Crippen LogP contribution in [0.3, 0.4) is 0 Å². The Hall–Kier alpha value is -3.90. The molecule has 33 heavy (non-hydrogen) atoms. The van der Waals surface area contributed by atoms with Gasteiger partial charge in [0.1, 0.15) is 16.9 Å². The summed E-state index contributed by atoms with van der Waals surface area (Å²) in [6, 6.07) is 26.8. The average molecular weight is 453 g/mol. The van der Waals surface area contributed by atoms with Gasteiger partial charge < -0.3 is 9.52 Å². The highest BCUT2D eigenvalue weighted by molar-refractivity contribution is 7.98. The van der Waals surface area contributed by atoms with E-state index in [9.17, 15) is 9.90 Å². The number of aryl methyl sites for hydroxylation is 1. The van der Waals surface area contributed by atoms with E-state index in [2.05, 4.69) is 4.98 Å². The molecule has 2 heterocycles. The lowest BCUT2D eigenvalue weighted by atomic mass is 10.1. The number of hydrogen-bond donors (Lipinski definition) is 1. The molecule has 1 N–H and O–H groups in total. The molecular weight excluding hydrogens is 432 g/mol. The van der Waals surface area contributed by atoms with Crippen molar-refractivity contribution >= 4 is 22.7 Å². The first kappa shape index (κ1) is 21.0. The van der Waals surface area contributed by atoms with Gasteiger partial charge >= 0.3 is 5.63 Å². The number of rotatable bonds is 5. The van der Waals surface area contributed by atoms with Crippen LogP contribution in [0.4, 0.5) is 0 Å². The van der Waals surface area contributed by atoms with Crippen LogP contribution in [-0.4, -0.2) is 15.1 Å². The normalized spacial score (nSPS) is 11.1. The summed E-state index contributed by atoms with van der Waals surface area (Å²) in [5.41, 5.74) is 3.58. The molecule has 0 spiro atoms. The van der Waals surface area contributed by atoms with Gasteiger partial charge in [-0.05, 0) is 30.2 Å². The van der Waals surface area contributed by atoms with E-state index < -0.39 is 5.63 Å². The van der Waals surface area contributed by atoms with Crippen LogP contribution in [0.2, 0.25) is 0 Å². The fourth-order valence-corrected chi connectivity index (χ4v) is 4.49. The van der Waals surface area contributed by atoms with Crippen molar-refractivity contribution in [1.29, 1.82) is 0 Å². The lowest BCUT2D eigenvalue weighted by molar-refractivity contribution is 0.470. The zero-order valence-corrected chi connectivity index (χ0v) is 18.7. The molecule has 0 saturated heterocycles. The van der Waals surface area contributed by atoms with Gasteiger partial charge in [-0.3, -0.25) is 0 Å². The number of para-hydroxylation sites is 1. The Balaban J connectivity index is 1.66. The number of nitrogens with zero attached hydrogens (tertiary/aromatic N) is 2. The molecule has 0 atom stereocenters. The molecule has 0 aliphatic carbocycles. The zero-order valence-electron chi connectivity index (χ0n) is 17.9. The summed E-state index contributed by atoms with van der Waals surface area (Å²) in [5, 5.41) is 12.0.